The number of imide groups is 1. The van der Waals surface area contributed by atoms with Crippen LogP contribution in [-0.4, -0.2) is 31.4 Å². The lowest BCUT2D eigenvalue weighted by Gasteiger charge is -2.16. The SMILES string of the molecule is CCCOc1ccccc1NC(=O)c1ccc(C)c(NC2=C(Cl)C(=O)N(c3ccc(OC)cc3)C2=O)c1. The van der Waals surface area contributed by atoms with E-state index in [0.29, 0.717) is 40.7 Å². The Balaban J connectivity index is 1.55. The Morgan fingerprint density at radius 2 is 1.70 bits per heavy atom. The van der Waals surface area contributed by atoms with Gasteiger partial charge in [0.25, 0.3) is 17.7 Å². The number of methoxy groups -OCH3 is 1. The number of aryl methyl sites for hydroxylation is 1. The molecule has 0 fully saturated rings. The molecule has 190 valence electrons. The van der Waals surface area contributed by atoms with Gasteiger partial charge in [-0.3, -0.25) is 14.4 Å². The number of anilines is 3. The summed E-state index contributed by atoms with van der Waals surface area (Å²) >= 11 is 6.28. The van der Waals surface area contributed by atoms with Crippen molar-refractivity contribution < 1.29 is 23.9 Å². The first kappa shape index (κ1) is 25.8. The molecule has 0 aliphatic carbocycles. The second-order valence-corrected chi connectivity index (χ2v) is 8.66. The number of rotatable bonds is 9. The fraction of sp³-hybridized carbons (Fsp3) is 0.179. The Kier molecular flexibility index (Phi) is 7.79. The summed E-state index contributed by atoms with van der Waals surface area (Å²) in [5.74, 6) is -0.436. The zero-order valence-electron chi connectivity index (χ0n) is 20.6. The van der Waals surface area contributed by atoms with E-state index in [4.69, 9.17) is 21.1 Å². The van der Waals surface area contributed by atoms with E-state index < -0.39 is 11.8 Å². The molecule has 0 unspecified atom stereocenters. The molecule has 0 saturated carbocycles. The van der Waals surface area contributed by atoms with Crippen molar-refractivity contribution in [3.63, 3.8) is 0 Å². The van der Waals surface area contributed by atoms with Crippen molar-refractivity contribution in [3.05, 3.63) is 88.6 Å². The largest absolute Gasteiger partial charge is 0.497 e. The molecule has 1 heterocycles. The molecule has 1 aliphatic heterocycles. The Hall–Kier alpha value is -4.30. The van der Waals surface area contributed by atoms with Crippen LogP contribution >= 0.6 is 11.6 Å². The number of nitrogens with zero attached hydrogens (tertiary/aromatic N) is 1. The summed E-state index contributed by atoms with van der Waals surface area (Å²) in [5.41, 5.74) is 2.41. The van der Waals surface area contributed by atoms with Gasteiger partial charge in [-0.15, -0.1) is 0 Å². The summed E-state index contributed by atoms with van der Waals surface area (Å²) in [5, 5.41) is 5.60. The maximum atomic E-state index is 13.2. The van der Waals surface area contributed by atoms with Crippen LogP contribution in [-0.2, 0) is 9.59 Å². The summed E-state index contributed by atoms with van der Waals surface area (Å²) in [7, 11) is 1.53. The first-order valence-corrected chi connectivity index (χ1v) is 12.0. The minimum Gasteiger partial charge on any atom is -0.497 e. The minimum atomic E-state index is -0.644. The predicted octanol–water partition coefficient (Wildman–Crippen LogP) is 5.48. The second kappa shape index (κ2) is 11.2. The third-order valence-corrected chi connectivity index (χ3v) is 6.06. The molecule has 1 aliphatic rings. The van der Waals surface area contributed by atoms with E-state index in [0.717, 1.165) is 16.9 Å². The Morgan fingerprint density at radius 3 is 2.41 bits per heavy atom. The van der Waals surface area contributed by atoms with Crippen molar-refractivity contribution in [2.45, 2.75) is 20.3 Å². The monoisotopic (exact) mass is 519 g/mol. The molecule has 3 aromatic carbocycles. The lowest BCUT2D eigenvalue weighted by Crippen LogP contribution is -2.32. The van der Waals surface area contributed by atoms with Crippen LogP contribution in [0.25, 0.3) is 0 Å². The summed E-state index contributed by atoms with van der Waals surface area (Å²) in [6.07, 6.45) is 0.838. The third kappa shape index (κ3) is 5.44. The second-order valence-electron chi connectivity index (χ2n) is 8.29. The van der Waals surface area contributed by atoms with E-state index in [2.05, 4.69) is 10.6 Å². The Labute approximate surface area is 219 Å². The predicted molar refractivity (Wildman–Crippen MR) is 143 cm³/mol. The quantitative estimate of drug-likeness (QED) is 0.363. The highest BCUT2D eigenvalue weighted by atomic mass is 35.5. The van der Waals surface area contributed by atoms with Gasteiger partial charge in [0.15, 0.2) is 0 Å². The van der Waals surface area contributed by atoms with E-state index in [1.807, 2.05) is 26.0 Å². The van der Waals surface area contributed by atoms with Crippen molar-refractivity contribution in [1.29, 1.82) is 0 Å². The molecular formula is C28H26ClN3O5. The number of hydrogen-bond donors (Lipinski definition) is 2. The average Bonchev–Trinajstić information content (AvgIpc) is 3.12. The molecule has 3 amide bonds. The van der Waals surface area contributed by atoms with Crippen LogP contribution in [0, 0.1) is 6.92 Å². The van der Waals surface area contributed by atoms with Crippen LogP contribution in [0.1, 0.15) is 29.3 Å². The van der Waals surface area contributed by atoms with Crippen LogP contribution in [0.15, 0.2) is 77.5 Å². The fourth-order valence-corrected chi connectivity index (χ4v) is 3.92. The zero-order chi connectivity index (χ0) is 26.5. The molecule has 0 aromatic heterocycles. The normalized spacial score (nSPS) is 13.1. The summed E-state index contributed by atoms with van der Waals surface area (Å²) in [6, 6.07) is 18.7. The van der Waals surface area contributed by atoms with Crippen molar-refractivity contribution in [1.82, 2.24) is 0 Å². The highest BCUT2D eigenvalue weighted by molar-refractivity contribution is 6.53. The lowest BCUT2D eigenvalue weighted by molar-refractivity contribution is -0.120. The molecule has 9 heteroatoms. The zero-order valence-corrected chi connectivity index (χ0v) is 21.4. The number of carbonyl (C=O) groups excluding carboxylic acids is 3. The number of carbonyl (C=O) groups is 3. The molecule has 0 radical (unpaired) electrons. The van der Waals surface area contributed by atoms with Crippen LogP contribution in [0.2, 0.25) is 0 Å². The molecule has 8 nitrogen and oxygen atoms in total. The standard InChI is InChI=1S/C28H26ClN3O5/c1-4-15-37-23-8-6-5-7-21(23)31-26(33)18-10-9-17(2)22(16-18)30-25-24(29)27(34)32(28(25)35)19-11-13-20(36-3)14-12-19/h5-14,16,30H,4,15H2,1-3H3,(H,31,33). The molecule has 4 rings (SSSR count). The molecule has 0 bridgehead atoms. The minimum absolute atomic E-state index is 0.0681. The van der Waals surface area contributed by atoms with E-state index in [9.17, 15) is 14.4 Å². The van der Waals surface area contributed by atoms with E-state index >= 15 is 0 Å². The first-order chi connectivity index (χ1) is 17.8. The van der Waals surface area contributed by atoms with Crippen LogP contribution in [0.3, 0.4) is 0 Å². The number of nitrogens with one attached hydrogen (secondary N) is 2. The Bertz CT molecular complexity index is 1380. The molecule has 0 atom stereocenters. The number of halogens is 1. The maximum absolute atomic E-state index is 13.2. The fourth-order valence-electron chi connectivity index (χ4n) is 3.71. The van der Waals surface area contributed by atoms with E-state index in [-0.39, 0.29) is 16.6 Å². The maximum Gasteiger partial charge on any atom is 0.283 e. The third-order valence-electron chi connectivity index (χ3n) is 5.71. The van der Waals surface area contributed by atoms with Crippen LogP contribution < -0.4 is 25.0 Å². The molecular weight excluding hydrogens is 494 g/mol. The number of para-hydroxylation sites is 2. The van der Waals surface area contributed by atoms with Gasteiger partial charge in [0.1, 0.15) is 22.2 Å². The molecule has 37 heavy (non-hydrogen) atoms. The smallest absolute Gasteiger partial charge is 0.283 e. The molecule has 2 N–H and O–H groups in total. The highest BCUT2D eigenvalue weighted by Crippen LogP contribution is 2.32. The molecule has 0 saturated heterocycles. The van der Waals surface area contributed by atoms with Gasteiger partial charge in [-0.25, -0.2) is 4.90 Å². The van der Waals surface area contributed by atoms with Gasteiger partial charge < -0.3 is 20.1 Å². The van der Waals surface area contributed by atoms with E-state index in [1.54, 1.807) is 54.6 Å². The molecule has 0 spiro atoms. The highest BCUT2D eigenvalue weighted by Gasteiger charge is 2.39. The lowest BCUT2D eigenvalue weighted by atomic mass is 10.1. The van der Waals surface area contributed by atoms with Gasteiger partial charge in [-0.05, 0) is 67.4 Å². The van der Waals surface area contributed by atoms with Crippen molar-refractivity contribution >= 4 is 46.4 Å². The van der Waals surface area contributed by atoms with Crippen molar-refractivity contribution in [2.75, 3.05) is 29.3 Å². The van der Waals surface area contributed by atoms with Gasteiger partial charge in [-0.2, -0.15) is 0 Å². The average molecular weight is 520 g/mol. The van der Waals surface area contributed by atoms with E-state index in [1.165, 1.54) is 7.11 Å². The summed E-state index contributed by atoms with van der Waals surface area (Å²) in [6.45, 7) is 4.35. The number of hydrogen-bond acceptors (Lipinski definition) is 6. The molecule has 3 aromatic rings. The van der Waals surface area contributed by atoms with Gasteiger partial charge in [0.2, 0.25) is 0 Å². The van der Waals surface area contributed by atoms with Crippen molar-refractivity contribution in [3.8, 4) is 11.5 Å². The summed E-state index contributed by atoms with van der Waals surface area (Å²) in [4.78, 5) is 40.0. The van der Waals surface area contributed by atoms with Crippen LogP contribution in [0.4, 0.5) is 17.1 Å². The van der Waals surface area contributed by atoms with Gasteiger partial charge >= 0.3 is 0 Å². The number of ether oxygens (including phenoxy) is 2. The summed E-state index contributed by atoms with van der Waals surface area (Å²) < 4.78 is 10.9. The van der Waals surface area contributed by atoms with Crippen molar-refractivity contribution in [2.24, 2.45) is 0 Å². The number of amides is 3. The van der Waals surface area contributed by atoms with Gasteiger partial charge in [0.05, 0.1) is 25.1 Å². The topological polar surface area (TPSA) is 97.0 Å². The Morgan fingerprint density at radius 1 is 0.973 bits per heavy atom. The first-order valence-electron chi connectivity index (χ1n) is 11.7. The van der Waals surface area contributed by atoms with Crippen LogP contribution in [0.5, 0.6) is 11.5 Å². The number of benzene rings is 3. The van der Waals surface area contributed by atoms with Gasteiger partial charge in [0, 0.05) is 11.3 Å². The van der Waals surface area contributed by atoms with Gasteiger partial charge in [-0.1, -0.05) is 36.7 Å².